The van der Waals surface area contributed by atoms with Gasteiger partial charge in [-0.2, -0.15) is 0 Å². The van der Waals surface area contributed by atoms with Crippen LogP contribution in [0, 0.1) is 17.0 Å². The number of rotatable bonds is 9. The number of hydrogen-bond acceptors (Lipinski definition) is 6. The summed E-state index contributed by atoms with van der Waals surface area (Å²) < 4.78 is 27.5. The molecule has 0 saturated carbocycles. The van der Waals surface area contributed by atoms with Gasteiger partial charge in [-0.05, 0) is 40.6 Å². The van der Waals surface area contributed by atoms with Crippen LogP contribution in [-0.2, 0) is 21.4 Å². The molecule has 2 aromatic rings. The van der Waals surface area contributed by atoms with Gasteiger partial charge in [0.2, 0.25) is 21.8 Å². The molecule has 0 unspecified atom stereocenters. The lowest BCUT2D eigenvalue weighted by Gasteiger charge is -2.09. The van der Waals surface area contributed by atoms with Crippen molar-refractivity contribution in [1.29, 1.82) is 0 Å². The molecule has 0 aliphatic rings. The summed E-state index contributed by atoms with van der Waals surface area (Å²) in [6.45, 7) is 3.66. The highest BCUT2D eigenvalue weighted by atomic mass is 32.2. The number of imidazole rings is 1. The van der Waals surface area contributed by atoms with Crippen LogP contribution in [0.4, 0.5) is 17.2 Å². The Bertz CT molecular complexity index is 921. The summed E-state index contributed by atoms with van der Waals surface area (Å²) in [5.41, 5.74) is 0.939. The van der Waals surface area contributed by atoms with Gasteiger partial charge in [0.25, 0.3) is 0 Å². The van der Waals surface area contributed by atoms with Gasteiger partial charge in [0.1, 0.15) is 6.20 Å². The van der Waals surface area contributed by atoms with Gasteiger partial charge in [-0.1, -0.05) is 6.92 Å². The number of sulfonamides is 1. The molecule has 1 amide bonds. The summed E-state index contributed by atoms with van der Waals surface area (Å²) in [5.74, 6) is -0.0329. The van der Waals surface area contributed by atoms with Gasteiger partial charge in [-0.3, -0.25) is 9.52 Å². The maximum Gasteiger partial charge on any atom is 0.381 e. The first-order valence-electron chi connectivity index (χ1n) is 8.28. The van der Waals surface area contributed by atoms with Crippen molar-refractivity contribution in [2.24, 2.45) is 0 Å². The maximum atomic E-state index is 12.0. The van der Waals surface area contributed by atoms with E-state index in [0.717, 1.165) is 0 Å². The predicted molar refractivity (Wildman–Crippen MR) is 101 cm³/mol. The van der Waals surface area contributed by atoms with Crippen molar-refractivity contribution in [3.05, 3.63) is 46.4 Å². The number of carbonyl (C=O) groups excluding carboxylic acids is 1. The molecule has 0 radical (unpaired) electrons. The van der Waals surface area contributed by atoms with E-state index >= 15 is 0 Å². The van der Waals surface area contributed by atoms with Crippen LogP contribution in [0.15, 0.2) is 30.5 Å². The van der Waals surface area contributed by atoms with Crippen LogP contribution in [0.25, 0.3) is 0 Å². The van der Waals surface area contributed by atoms with E-state index in [1.165, 1.54) is 6.20 Å². The van der Waals surface area contributed by atoms with E-state index in [2.05, 4.69) is 15.0 Å². The van der Waals surface area contributed by atoms with Crippen LogP contribution >= 0.6 is 0 Å². The molecule has 1 aromatic carbocycles. The molecule has 10 nitrogen and oxygen atoms in total. The molecule has 1 aromatic heterocycles. The van der Waals surface area contributed by atoms with Crippen molar-refractivity contribution in [3.8, 4) is 0 Å². The lowest BCUT2D eigenvalue weighted by atomic mass is 10.2. The van der Waals surface area contributed by atoms with Gasteiger partial charge in [-0.25, -0.2) is 8.42 Å². The van der Waals surface area contributed by atoms with Crippen LogP contribution < -0.4 is 10.0 Å². The van der Waals surface area contributed by atoms with Crippen LogP contribution in [-0.4, -0.2) is 34.6 Å². The zero-order valence-electron chi connectivity index (χ0n) is 15.0. The summed E-state index contributed by atoms with van der Waals surface area (Å²) in [6, 6.07) is 6.31. The van der Waals surface area contributed by atoms with E-state index in [4.69, 9.17) is 0 Å². The van der Waals surface area contributed by atoms with Gasteiger partial charge in [0.05, 0.1) is 5.75 Å². The van der Waals surface area contributed by atoms with E-state index in [1.807, 2.05) is 0 Å². The van der Waals surface area contributed by atoms with Crippen molar-refractivity contribution in [3.63, 3.8) is 0 Å². The van der Waals surface area contributed by atoms with Crippen molar-refractivity contribution in [1.82, 2.24) is 9.55 Å². The van der Waals surface area contributed by atoms with Gasteiger partial charge in [-0.15, -0.1) is 0 Å². The van der Waals surface area contributed by atoms with Gasteiger partial charge < -0.3 is 20.0 Å². The molecule has 0 bridgehead atoms. The van der Waals surface area contributed by atoms with Crippen LogP contribution in [0.1, 0.15) is 25.6 Å². The van der Waals surface area contributed by atoms with E-state index < -0.39 is 14.9 Å². The SMILES string of the molecule is CCCS(=O)(=O)Nc1ccc(NC(=O)CCn2cc([N+](=O)[O-])nc2C)cc1. The van der Waals surface area contributed by atoms with E-state index in [1.54, 1.807) is 42.7 Å². The Morgan fingerprint density at radius 1 is 1.26 bits per heavy atom. The van der Waals surface area contributed by atoms with E-state index in [-0.39, 0.29) is 30.4 Å². The fraction of sp³-hybridized carbons (Fsp3) is 0.375. The standard InChI is InChI=1S/C16H21N5O5S/c1-3-10-27(25,26)19-14-6-4-13(5-7-14)18-16(22)8-9-20-11-15(21(23)24)17-12(20)2/h4-7,11,19H,3,8-10H2,1-2H3,(H,18,22). The highest BCUT2D eigenvalue weighted by Crippen LogP contribution is 2.16. The number of nitrogens with zero attached hydrogens (tertiary/aromatic N) is 3. The Labute approximate surface area is 156 Å². The molecule has 0 fully saturated rings. The lowest BCUT2D eigenvalue weighted by molar-refractivity contribution is -0.389. The third-order valence-corrected chi connectivity index (χ3v) is 5.14. The van der Waals surface area contributed by atoms with E-state index in [0.29, 0.717) is 23.6 Å². The zero-order chi connectivity index (χ0) is 20.0. The van der Waals surface area contributed by atoms with Crippen molar-refractivity contribution in [2.75, 3.05) is 15.8 Å². The van der Waals surface area contributed by atoms with Crippen LogP contribution in [0.3, 0.4) is 0 Å². The number of aryl methyl sites for hydroxylation is 2. The molecule has 0 aliphatic carbocycles. The zero-order valence-corrected chi connectivity index (χ0v) is 15.8. The largest absolute Gasteiger partial charge is 0.381 e. The Balaban J connectivity index is 1.90. The van der Waals surface area contributed by atoms with Gasteiger partial charge in [0.15, 0.2) is 0 Å². The number of aromatic nitrogens is 2. The minimum Gasteiger partial charge on any atom is -0.358 e. The molecule has 146 valence electrons. The van der Waals surface area contributed by atoms with E-state index in [9.17, 15) is 23.3 Å². The summed E-state index contributed by atoms with van der Waals surface area (Å²) in [5, 5.41) is 13.4. The second kappa shape index (κ2) is 8.62. The molecule has 2 rings (SSSR count). The second-order valence-electron chi connectivity index (χ2n) is 5.89. The summed E-state index contributed by atoms with van der Waals surface area (Å²) >= 11 is 0. The molecule has 0 aliphatic heterocycles. The van der Waals surface area contributed by atoms with Crippen molar-refractivity contribution in [2.45, 2.75) is 33.2 Å². The molecular weight excluding hydrogens is 374 g/mol. The second-order valence-corrected chi connectivity index (χ2v) is 7.74. The molecule has 0 spiro atoms. The topological polar surface area (TPSA) is 136 Å². The molecule has 11 heteroatoms. The maximum absolute atomic E-state index is 12.0. The van der Waals surface area contributed by atoms with Crippen LogP contribution in [0.5, 0.6) is 0 Å². The minimum atomic E-state index is -3.36. The number of hydrogen-bond donors (Lipinski definition) is 2. The van der Waals surface area contributed by atoms with Crippen LogP contribution in [0.2, 0.25) is 0 Å². The summed E-state index contributed by atoms with van der Waals surface area (Å²) in [4.78, 5) is 26.0. The fourth-order valence-corrected chi connectivity index (χ4v) is 3.51. The lowest BCUT2D eigenvalue weighted by Crippen LogP contribution is -2.16. The molecule has 1 heterocycles. The molecular formula is C16H21N5O5S. The highest BCUT2D eigenvalue weighted by Gasteiger charge is 2.15. The predicted octanol–water partition coefficient (Wildman–Crippen LogP) is 2.28. The van der Waals surface area contributed by atoms with Gasteiger partial charge >= 0.3 is 5.82 Å². The first-order valence-corrected chi connectivity index (χ1v) is 9.94. The first-order chi connectivity index (χ1) is 12.7. The Kier molecular flexibility index (Phi) is 6.50. The number of carbonyl (C=O) groups is 1. The first kappa shape index (κ1) is 20.4. The Hall–Kier alpha value is -2.95. The average molecular weight is 395 g/mol. The quantitative estimate of drug-likeness (QED) is 0.494. The van der Waals surface area contributed by atoms with Gasteiger partial charge in [0, 0.05) is 31.3 Å². The number of nitrogens with one attached hydrogen (secondary N) is 2. The average Bonchev–Trinajstić information content (AvgIpc) is 2.96. The van der Waals surface area contributed by atoms with Crippen molar-refractivity contribution >= 4 is 33.1 Å². The third kappa shape index (κ3) is 6.06. The minimum absolute atomic E-state index is 0.0390. The number of anilines is 2. The number of benzene rings is 1. The Morgan fingerprint density at radius 2 is 1.89 bits per heavy atom. The number of amides is 1. The smallest absolute Gasteiger partial charge is 0.358 e. The molecule has 0 atom stereocenters. The molecule has 0 saturated heterocycles. The summed E-state index contributed by atoms with van der Waals surface area (Å²) in [6.07, 6.45) is 1.92. The molecule has 27 heavy (non-hydrogen) atoms. The third-order valence-electron chi connectivity index (χ3n) is 3.65. The highest BCUT2D eigenvalue weighted by molar-refractivity contribution is 7.92. The number of nitro groups is 1. The van der Waals surface area contributed by atoms with Crippen molar-refractivity contribution < 1.29 is 18.1 Å². The fourth-order valence-electron chi connectivity index (χ4n) is 2.37. The summed E-state index contributed by atoms with van der Waals surface area (Å²) in [7, 11) is -3.36. The Morgan fingerprint density at radius 3 is 2.44 bits per heavy atom. The molecule has 2 N–H and O–H groups in total. The monoisotopic (exact) mass is 395 g/mol. The normalized spacial score (nSPS) is 11.2.